The lowest BCUT2D eigenvalue weighted by Gasteiger charge is -2.17. The van der Waals surface area contributed by atoms with E-state index in [1.54, 1.807) is 19.1 Å². The summed E-state index contributed by atoms with van der Waals surface area (Å²) < 4.78 is 10.6. The van der Waals surface area contributed by atoms with Crippen LogP contribution in [0.25, 0.3) is 0 Å². The molecule has 1 atom stereocenters. The third-order valence-electron chi connectivity index (χ3n) is 5.28. The number of nitrogens with zero attached hydrogens (tertiary/aromatic N) is 1. The third kappa shape index (κ3) is 5.50. The molecule has 2 aromatic carbocycles. The Labute approximate surface area is 171 Å². The van der Waals surface area contributed by atoms with Crippen molar-refractivity contribution in [3.8, 4) is 11.5 Å². The Kier molecular flexibility index (Phi) is 7.11. The van der Waals surface area contributed by atoms with E-state index in [2.05, 4.69) is 5.32 Å². The predicted molar refractivity (Wildman–Crippen MR) is 111 cm³/mol. The van der Waals surface area contributed by atoms with Crippen LogP contribution in [0, 0.1) is 5.92 Å². The molecule has 0 aromatic heterocycles. The Morgan fingerprint density at radius 2 is 1.93 bits per heavy atom. The van der Waals surface area contributed by atoms with Crippen molar-refractivity contribution < 1.29 is 19.1 Å². The number of nitrogens with one attached hydrogen (secondary N) is 1. The smallest absolute Gasteiger partial charge is 0.225 e. The van der Waals surface area contributed by atoms with Crippen molar-refractivity contribution in [3.63, 3.8) is 0 Å². The number of benzene rings is 2. The van der Waals surface area contributed by atoms with Crippen LogP contribution >= 0.6 is 0 Å². The number of amides is 2. The minimum absolute atomic E-state index is 0.0350. The minimum atomic E-state index is -0.287. The fourth-order valence-electron chi connectivity index (χ4n) is 3.63. The van der Waals surface area contributed by atoms with Crippen molar-refractivity contribution in [3.05, 3.63) is 59.7 Å². The second kappa shape index (κ2) is 9.96. The Morgan fingerprint density at radius 3 is 2.72 bits per heavy atom. The molecule has 0 spiro atoms. The van der Waals surface area contributed by atoms with Crippen LogP contribution in [0.15, 0.2) is 48.5 Å². The number of carbonyl (C=O) groups is 2. The average molecular weight is 396 g/mol. The van der Waals surface area contributed by atoms with E-state index in [1.807, 2.05) is 48.5 Å². The maximum atomic E-state index is 12.5. The van der Waals surface area contributed by atoms with Crippen LogP contribution in [0.5, 0.6) is 11.5 Å². The third-order valence-corrected chi connectivity index (χ3v) is 5.28. The number of para-hydroxylation sites is 1. The monoisotopic (exact) mass is 396 g/mol. The number of rotatable bonds is 9. The van der Waals surface area contributed by atoms with Gasteiger partial charge in [-0.05, 0) is 42.2 Å². The average Bonchev–Trinajstić information content (AvgIpc) is 3.13. The second-order valence-corrected chi connectivity index (χ2v) is 7.20. The summed E-state index contributed by atoms with van der Waals surface area (Å²) in [6.07, 6.45) is 1.71. The van der Waals surface area contributed by atoms with Crippen molar-refractivity contribution in [1.82, 2.24) is 10.2 Å². The van der Waals surface area contributed by atoms with Crippen LogP contribution in [0.4, 0.5) is 0 Å². The zero-order valence-electron chi connectivity index (χ0n) is 17.0. The van der Waals surface area contributed by atoms with E-state index >= 15 is 0 Å². The number of methoxy groups -OCH3 is 2. The van der Waals surface area contributed by atoms with Gasteiger partial charge in [0, 0.05) is 26.1 Å². The molecule has 1 aliphatic heterocycles. The molecule has 2 amide bonds. The van der Waals surface area contributed by atoms with Crippen LogP contribution in [0.3, 0.4) is 0 Å². The van der Waals surface area contributed by atoms with Crippen molar-refractivity contribution in [1.29, 1.82) is 0 Å². The number of hydrogen-bond donors (Lipinski definition) is 1. The molecule has 6 heteroatoms. The van der Waals surface area contributed by atoms with E-state index in [4.69, 9.17) is 9.47 Å². The van der Waals surface area contributed by atoms with Gasteiger partial charge >= 0.3 is 0 Å². The second-order valence-electron chi connectivity index (χ2n) is 7.20. The van der Waals surface area contributed by atoms with E-state index in [0.29, 0.717) is 26.1 Å². The van der Waals surface area contributed by atoms with E-state index < -0.39 is 0 Å². The van der Waals surface area contributed by atoms with E-state index in [1.165, 1.54) is 0 Å². The fraction of sp³-hybridized carbons (Fsp3) is 0.391. The molecule has 6 nitrogen and oxygen atoms in total. The highest BCUT2D eigenvalue weighted by Gasteiger charge is 2.33. The zero-order chi connectivity index (χ0) is 20.6. The van der Waals surface area contributed by atoms with Gasteiger partial charge in [-0.2, -0.15) is 0 Å². The fourth-order valence-corrected chi connectivity index (χ4v) is 3.63. The van der Waals surface area contributed by atoms with E-state index in [-0.39, 0.29) is 24.2 Å². The molecule has 0 bridgehead atoms. The highest BCUT2D eigenvalue weighted by Crippen LogP contribution is 2.22. The summed E-state index contributed by atoms with van der Waals surface area (Å²) in [6, 6.07) is 15.6. The molecule has 1 heterocycles. The van der Waals surface area contributed by atoms with Crippen molar-refractivity contribution in [2.45, 2.75) is 19.3 Å². The first-order valence-corrected chi connectivity index (χ1v) is 9.91. The van der Waals surface area contributed by atoms with Gasteiger partial charge < -0.3 is 19.7 Å². The number of carbonyl (C=O) groups excluding carboxylic acids is 2. The van der Waals surface area contributed by atoms with Crippen LogP contribution in [-0.4, -0.2) is 50.6 Å². The van der Waals surface area contributed by atoms with Crippen molar-refractivity contribution in [2.75, 3.05) is 33.9 Å². The quantitative estimate of drug-likeness (QED) is 0.707. The van der Waals surface area contributed by atoms with Gasteiger partial charge in [-0.15, -0.1) is 0 Å². The Bertz CT molecular complexity index is 852. The zero-order valence-corrected chi connectivity index (χ0v) is 17.0. The maximum Gasteiger partial charge on any atom is 0.225 e. The molecular weight excluding hydrogens is 368 g/mol. The number of ether oxygens (including phenoxy) is 2. The normalized spacial score (nSPS) is 16.0. The Hall–Kier alpha value is -3.02. The highest BCUT2D eigenvalue weighted by atomic mass is 16.5. The number of likely N-dealkylation sites (tertiary alicyclic amines) is 1. The van der Waals surface area contributed by atoms with E-state index in [9.17, 15) is 9.59 Å². The molecule has 1 saturated heterocycles. The Balaban J connectivity index is 1.45. The van der Waals surface area contributed by atoms with Gasteiger partial charge in [-0.25, -0.2) is 0 Å². The summed E-state index contributed by atoms with van der Waals surface area (Å²) >= 11 is 0. The molecule has 154 valence electrons. The molecule has 1 fully saturated rings. The lowest BCUT2D eigenvalue weighted by Crippen LogP contribution is -2.34. The van der Waals surface area contributed by atoms with Gasteiger partial charge in [-0.3, -0.25) is 9.59 Å². The summed E-state index contributed by atoms with van der Waals surface area (Å²) in [6.45, 7) is 1.60. The molecule has 0 aliphatic carbocycles. The molecule has 1 N–H and O–H groups in total. The van der Waals surface area contributed by atoms with Crippen LogP contribution in [0.2, 0.25) is 0 Å². The molecule has 0 saturated carbocycles. The van der Waals surface area contributed by atoms with Crippen molar-refractivity contribution >= 4 is 11.8 Å². The standard InChI is InChI=1S/C23H28N2O4/c1-28-20-8-5-6-17(14-20)10-12-24-23(27)19-15-22(26)25(16-19)13-11-18-7-3-4-9-21(18)29-2/h3-9,14,19H,10-13,15-16H2,1-2H3,(H,24,27). The molecule has 2 aromatic rings. The SMILES string of the molecule is COc1cccc(CCNC(=O)C2CC(=O)N(CCc3ccccc3OC)C2)c1. The van der Waals surface area contributed by atoms with Gasteiger partial charge in [0.25, 0.3) is 0 Å². The van der Waals surface area contributed by atoms with Crippen molar-refractivity contribution in [2.24, 2.45) is 5.92 Å². The molecule has 29 heavy (non-hydrogen) atoms. The van der Waals surface area contributed by atoms with Crippen LogP contribution in [0.1, 0.15) is 17.5 Å². The lowest BCUT2D eigenvalue weighted by molar-refractivity contribution is -0.129. The minimum Gasteiger partial charge on any atom is -0.497 e. The number of hydrogen-bond acceptors (Lipinski definition) is 4. The highest BCUT2D eigenvalue weighted by molar-refractivity contribution is 5.89. The molecule has 3 rings (SSSR count). The summed E-state index contributed by atoms with van der Waals surface area (Å²) in [7, 11) is 3.28. The molecule has 1 aliphatic rings. The lowest BCUT2D eigenvalue weighted by atomic mass is 10.1. The molecule has 1 unspecified atom stereocenters. The first kappa shape index (κ1) is 20.7. The van der Waals surface area contributed by atoms with Gasteiger partial charge in [0.05, 0.1) is 20.1 Å². The van der Waals surface area contributed by atoms with Gasteiger partial charge in [-0.1, -0.05) is 30.3 Å². The summed E-state index contributed by atoms with van der Waals surface area (Å²) in [5, 5.41) is 2.97. The predicted octanol–water partition coefficient (Wildman–Crippen LogP) is 2.45. The van der Waals surface area contributed by atoms with Gasteiger partial charge in [0.1, 0.15) is 11.5 Å². The first-order valence-electron chi connectivity index (χ1n) is 9.91. The molecule has 0 radical (unpaired) electrons. The summed E-state index contributed by atoms with van der Waals surface area (Å²) in [5.74, 6) is 1.33. The van der Waals surface area contributed by atoms with Gasteiger partial charge in [0.15, 0.2) is 0 Å². The summed E-state index contributed by atoms with van der Waals surface area (Å²) in [5.41, 5.74) is 2.17. The Morgan fingerprint density at radius 1 is 1.10 bits per heavy atom. The first-order chi connectivity index (χ1) is 14.1. The van der Waals surface area contributed by atoms with Gasteiger partial charge in [0.2, 0.25) is 11.8 Å². The molecular formula is C23H28N2O4. The largest absolute Gasteiger partial charge is 0.497 e. The summed E-state index contributed by atoms with van der Waals surface area (Å²) in [4.78, 5) is 26.6. The maximum absolute atomic E-state index is 12.5. The van der Waals surface area contributed by atoms with Crippen LogP contribution in [-0.2, 0) is 22.4 Å². The van der Waals surface area contributed by atoms with Crippen LogP contribution < -0.4 is 14.8 Å². The van der Waals surface area contributed by atoms with E-state index in [0.717, 1.165) is 29.0 Å². The topological polar surface area (TPSA) is 67.9 Å².